The minimum atomic E-state index is -1.18. The lowest BCUT2D eigenvalue weighted by Crippen LogP contribution is -2.64. The molecule has 11 heavy (non-hydrogen) atoms. The molecule has 0 aromatic rings. The molecule has 1 fully saturated rings. The van der Waals surface area contributed by atoms with E-state index in [-0.39, 0.29) is 6.04 Å². The molecule has 1 heterocycles. The normalized spacial score (nSPS) is 38.5. The molecule has 4 nitrogen and oxygen atoms in total. The van der Waals surface area contributed by atoms with E-state index >= 15 is 0 Å². The van der Waals surface area contributed by atoms with Crippen molar-refractivity contribution in [1.29, 1.82) is 0 Å². The maximum atomic E-state index is 10.6. The summed E-state index contributed by atoms with van der Waals surface area (Å²) in [6, 6.07) is 0.213. The van der Waals surface area contributed by atoms with Crippen LogP contribution >= 0.6 is 0 Å². The molecule has 1 saturated heterocycles. The van der Waals surface area contributed by atoms with Gasteiger partial charge in [0.15, 0.2) is 5.66 Å². The molecule has 2 atom stereocenters. The third-order valence-electron chi connectivity index (χ3n) is 2.09. The number of carboxylic acids is 1. The molecule has 1 aliphatic rings. The molecule has 0 radical (unpaired) electrons. The Morgan fingerprint density at radius 2 is 2.45 bits per heavy atom. The van der Waals surface area contributed by atoms with Gasteiger partial charge < -0.3 is 10.8 Å². The summed E-state index contributed by atoms with van der Waals surface area (Å²) >= 11 is 0. The fourth-order valence-electron chi connectivity index (χ4n) is 1.44. The minimum Gasteiger partial charge on any atom is -0.479 e. The molecule has 4 heteroatoms. The molecule has 1 aliphatic heterocycles. The molecule has 64 valence electrons. The smallest absolute Gasteiger partial charge is 0.338 e. The van der Waals surface area contributed by atoms with Crippen molar-refractivity contribution in [2.24, 2.45) is 5.73 Å². The Hall–Kier alpha value is -0.610. The average molecular weight is 158 g/mol. The Bertz CT molecular complexity index is 172. The number of piperidine rings is 1. The second-order valence-electron chi connectivity index (χ2n) is 3.21. The quantitative estimate of drug-likeness (QED) is 0.497. The number of nitrogens with one attached hydrogen (secondary N) is 1. The summed E-state index contributed by atoms with van der Waals surface area (Å²) in [6.45, 7) is 1.95. The zero-order chi connectivity index (χ0) is 8.48. The lowest BCUT2D eigenvalue weighted by Gasteiger charge is -2.34. The second-order valence-corrected chi connectivity index (χ2v) is 3.21. The van der Waals surface area contributed by atoms with Crippen LogP contribution in [-0.4, -0.2) is 22.8 Å². The van der Waals surface area contributed by atoms with Crippen LogP contribution in [0.4, 0.5) is 0 Å². The van der Waals surface area contributed by atoms with Gasteiger partial charge in [-0.15, -0.1) is 0 Å². The van der Waals surface area contributed by atoms with Crippen LogP contribution < -0.4 is 11.1 Å². The molecule has 0 aromatic carbocycles. The third-order valence-corrected chi connectivity index (χ3v) is 2.09. The number of nitrogens with two attached hydrogens (primary N) is 1. The van der Waals surface area contributed by atoms with E-state index in [1.165, 1.54) is 0 Å². The van der Waals surface area contributed by atoms with Gasteiger partial charge in [0.25, 0.3) is 0 Å². The summed E-state index contributed by atoms with van der Waals surface area (Å²) in [5, 5.41) is 11.6. The Morgan fingerprint density at radius 1 is 1.82 bits per heavy atom. The van der Waals surface area contributed by atoms with Gasteiger partial charge in [0, 0.05) is 6.04 Å². The zero-order valence-electron chi connectivity index (χ0n) is 6.63. The molecular formula is C7H14N2O2. The summed E-state index contributed by atoms with van der Waals surface area (Å²) < 4.78 is 0. The van der Waals surface area contributed by atoms with E-state index in [2.05, 4.69) is 5.32 Å². The summed E-state index contributed by atoms with van der Waals surface area (Å²) in [7, 11) is 0. The van der Waals surface area contributed by atoms with Crippen molar-refractivity contribution < 1.29 is 9.90 Å². The fraction of sp³-hybridized carbons (Fsp3) is 0.857. The van der Waals surface area contributed by atoms with E-state index in [4.69, 9.17) is 10.8 Å². The second kappa shape index (κ2) is 2.79. The van der Waals surface area contributed by atoms with Crippen LogP contribution in [0.3, 0.4) is 0 Å². The Balaban J connectivity index is 2.63. The summed E-state index contributed by atoms with van der Waals surface area (Å²) in [6.07, 6.45) is 2.41. The van der Waals surface area contributed by atoms with Crippen molar-refractivity contribution in [2.45, 2.75) is 37.9 Å². The number of hydrogen-bond acceptors (Lipinski definition) is 3. The van der Waals surface area contributed by atoms with E-state index in [0.29, 0.717) is 6.42 Å². The van der Waals surface area contributed by atoms with Crippen molar-refractivity contribution >= 4 is 5.97 Å². The van der Waals surface area contributed by atoms with Gasteiger partial charge >= 0.3 is 5.97 Å². The number of hydrogen-bond donors (Lipinski definition) is 3. The van der Waals surface area contributed by atoms with Gasteiger partial charge in [-0.1, -0.05) is 0 Å². The van der Waals surface area contributed by atoms with E-state index in [1.54, 1.807) is 0 Å². The zero-order valence-corrected chi connectivity index (χ0v) is 6.63. The van der Waals surface area contributed by atoms with Crippen LogP contribution in [0.2, 0.25) is 0 Å². The van der Waals surface area contributed by atoms with Crippen molar-refractivity contribution in [3.8, 4) is 0 Å². The van der Waals surface area contributed by atoms with Crippen LogP contribution in [0.5, 0.6) is 0 Å². The van der Waals surface area contributed by atoms with Crippen LogP contribution in [0.15, 0.2) is 0 Å². The lowest BCUT2D eigenvalue weighted by atomic mass is 9.95. The number of aliphatic carboxylic acids is 1. The molecule has 0 amide bonds. The predicted octanol–water partition coefficient (Wildman–Crippen LogP) is -0.112. The van der Waals surface area contributed by atoms with Crippen LogP contribution in [0.25, 0.3) is 0 Å². The van der Waals surface area contributed by atoms with Crippen molar-refractivity contribution in [3.05, 3.63) is 0 Å². The predicted molar refractivity (Wildman–Crippen MR) is 41.0 cm³/mol. The molecule has 1 rings (SSSR count). The maximum Gasteiger partial charge on any atom is 0.338 e. The first-order valence-electron chi connectivity index (χ1n) is 3.84. The van der Waals surface area contributed by atoms with Gasteiger partial charge in [-0.05, 0) is 26.2 Å². The highest BCUT2D eigenvalue weighted by Crippen LogP contribution is 2.17. The molecule has 2 unspecified atom stereocenters. The van der Waals surface area contributed by atoms with E-state index in [9.17, 15) is 4.79 Å². The van der Waals surface area contributed by atoms with Gasteiger partial charge in [-0.3, -0.25) is 5.32 Å². The summed E-state index contributed by atoms with van der Waals surface area (Å²) in [5.41, 5.74) is 4.40. The minimum absolute atomic E-state index is 0.213. The number of carboxylic acid groups (broad SMARTS) is 1. The third kappa shape index (κ3) is 1.70. The van der Waals surface area contributed by atoms with Crippen LogP contribution in [0.1, 0.15) is 26.2 Å². The highest BCUT2D eigenvalue weighted by Gasteiger charge is 2.37. The maximum absolute atomic E-state index is 10.6. The molecule has 0 saturated carbocycles. The average Bonchev–Trinajstić information content (AvgIpc) is 1.86. The SMILES string of the molecule is CC1CCCC(N)(C(=O)O)N1. The van der Waals surface area contributed by atoms with E-state index < -0.39 is 11.6 Å². The van der Waals surface area contributed by atoms with E-state index in [0.717, 1.165) is 12.8 Å². The van der Waals surface area contributed by atoms with E-state index in [1.807, 2.05) is 6.92 Å². The standard InChI is InChI=1S/C7H14N2O2/c1-5-3-2-4-7(8,9-5)6(10)11/h5,9H,2-4,8H2,1H3,(H,10,11). The van der Waals surface area contributed by atoms with Gasteiger partial charge in [-0.2, -0.15) is 0 Å². The first-order chi connectivity index (χ1) is 5.04. The highest BCUT2D eigenvalue weighted by molar-refractivity contribution is 5.78. The number of carbonyl (C=O) groups is 1. The van der Waals surface area contributed by atoms with Crippen molar-refractivity contribution in [3.63, 3.8) is 0 Å². The van der Waals surface area contributed by atoms with Gasteiger partial charge in [0.05, 0.1) is 0 Å². The molecule has 0 spiro atoms. The first kappa shape index (κ1) is 8.49. The van der Waals surface area contributed by atoms with Gasteiger partial charge in [0.1, 0.15) is 0 Å². The highest BCUT2D eigenvalue weighted by atomic mass is 16.4. The van der Waals surface area contributed by atoms with Crippen LogP contribution in [-0.2, 0) is 4.79 Å². The van der Waals surface area contributed by atoms with Gasteiger partial charge in [-0.25, -0.2) is 4.79 Å². The Labute approximate surface area is 65.8 Å². The fourth-order valence-corrected chi connectivity index (χ4v) is 1.44. The summed E-state index contributed by atoms with van der Waals surface area (Å²) in [5.74, 6) is -0.955. The Morgan fingerprint density at radius 3 is 2.82 bits per heavy atom. The first-order valence-corrected chi connectivity index (χ1v) is 3.84. The topological polar surface area (TPSA) is 75.4 Å². The van der Waals surface area contributed by atoms with Gasteiger partial charge in [0.2, 0.25) is 0 Å². The lowest BCUT2D eigenvalue weighted by molar-refractivity contribution is -0.146. The molecule has 0 aromatic heterocycles. The van der Waals surface area contributed by atoms with Crippen LogP contribution in [0, 0.1) is 0 Å². The largest absolute Gasteiger partial charge is 0.479 e. The molecule has 4 N–H and O–H groups in total. The molecular weight excluding hydrogens is 144 g/mol. The van der Waals surface area contributed by atoms with Crippen molar-refractivity contribution in [2.75, 3.05) is 0 Å². The molecule has 0 bridgehead atoms. The van der Waals surface area contributed by atoms with Crippen molar-refractivity contribution in [1.82, 2.24) is 5.32 Å². The Kier molecular flexibility index (Phi) is 2.15. The number of rotatable bonds is 1. The monoisotopic (exact) mass is 158 g/mol. The summed E-state index contributed by atoms with van der Waals surface area (Å²) in [4.78, 5) is 10.6. The molecule has 0 aliphatic carbocycles.